The first-order valence-electron chi connectivity index (χ1n) is 9.20. The molecule has 2 amide bonds. The topological polar surface area (TPSA) is 76.0 Å². The first-order valence-corrected chi connectivity index (χ1v) is 9.20. The van der Waals surface area contributed by atoms with Crippen molar-refractivity contribution in [2.75, 3.05) is 5.32 Å². The third-order valence-electron chi connectivity index (χ3n) is 4.37. The molecular weight excluding hydrogens is 352 g/mol. The Kier molecular flexibility index (Phi) is 6.22. The molecular formula is C22H24N4O2. The van der Waals surface area contributed by atoms with Crippen molar-refractivity contribution in [3.8, 4) is 0 Å². The van der Waals surface area contributed by atoms with Crippen LogP contribution in [0.25, 0.3) is 0 Å². The zero-order chi connectivity index (χ0) is 19.9. The number of anilines is 1. The van der Waals surface area contributed by atoms with Gasteiger partial charge in [0.1, 0.15) is 5.82 Å². The molecule has 6 nitrogen and oxygen atoms in total. The lowest BCUT2D eigenvalue weighted by atomic mass is 10.0. The standard InChI is InChI=1S/C22H24N4O2/c1-16-7-6-8-18(13-16)15-26-21(11-12-23-26)25-22(28)14-20(24-17(2)27)19-9-4-3-5-10-19/h3-13,20H,14-15H2,1-2H3,(H,24,27)(H,25,28). The summed E-state index contributed by atoms with van der Waals surface area (Å²) in [6, 6.07) is 19.0. The minimum Gasteiger partial charge on any atom is -0.349 e. The summed E-state index contributed by atoms with van der Waals surface area (Å²) in [6.45, 7) is 4.06. The van der Waals surface area contributed by atoms with E-state index in [9.17, 15) is 9.59 Å². The molecule has 1 heterocycles. The predicted octanol–water partition coefficient (Wildman–Crippen LogP) is 3.45. The second kappa shape index (κ2) is 8.99. The highest BCUT2D eigenvalue weighted by Crippen LogP contribution is 2.18. The Balaban J connectivity index is 1.69. The van der Waals surface area contributed by atoms with Gasteiger partial charge in [-0.1, -0.05) is 60.2 Å². The van der Waals surface area contributed by atoms with E-state index in [1.165, 1.54) is 12.5 Å². The van der Waals surface area contributed by atoms with E-state index in [0.717, 1.165) is 11.1 Å². The summed E-state index contributed by atoms with van der Waals surface area (Å²) < 4.78 is 1.75. The third kappa shape index (κ3) is 5.30. The summed E-state index contributed by atoms with van der Waals surface area (Å²) in [5.41, 5.74) is 3.18. The minimum atomic E-state index is -0.383. The van der Waals surface area contributed by atoms with E-state index in [-0.39, 0.29) is 24.3 Å². The quantitative estimate of drug-likeness (QED) is 0.663. The van der Waals surface area contributed by atoms with Gasteiger partial charge in [-0.25, -0.2) is 4.68 Å². The highest BCUT2D eigenvalue weighted by atomic mass is 16.2. The molecule has 6 heteroatoms. The Hall–Kier alpha value is -3.41. The van der Waals surface area contributed by atoms with Gasteiger partial charge in [0.2, 0.25) is 11.8 Å². The van der Waals surface area contributed by atoms with Crippen molar-refractivity contribution in [2.24, 2.45) is 0 Å². The molecule has 0 aliphatic carbocycles. The molecule has 3 aromatic rings. The van der Waals surface area contributed by atoms with Crippen molar-refractivity contribution >= 4 is 17.6 Å². The smallest absolute Gasteiger partial charge is 0.227 e. The molecule has 144 valence electrons. The molecule has 0 spiro atoms. The Labute approximate surface area is 164 Å². The van der Waals surface area contributed by atoms with Crippen LogP contribution in [0.3, 0.4) is 0 Å². The summed E-state index contributed by atoms with van der Waals surface area (Å²) in [7, 11) is 0. The number of carbonyl (C=O) groups is 2. The normalized spacial score (nSPS) is 11.6. The van der Waals surface area contributed by atoms with E-state index in [1.54, 1.807) is 16.9 Å². The largest absolute Gasteiger partial charge is 0.349 e. The molecule has 0 saturated heterocycles. The first kappa shape index (κ1) is 19.4. The Morgan fingerprint density at radius 2 is 1.86 bits per heavy atom. The zero-order valence-corrected chi connectivity index (χ0v) is 16.1. The second-order valence-electron chi connectivity index (χ2n) is 6.78. The first-order chi connectivity index (χ1) is 13.5. The van der Waals surface area contributed by atoms with Crippen molar-refractivity contribution in [1.82, 2.24) is 15.1 Å². The minimum absolute atomic E-state index is 0.138. The SMILES string of the molecule is CC(=O)NC(CC(=O)Nc1ccnn1Cc1cccc(C)c1)c1ccccc1. The van der Waals surface area contributed by atoms with Gasteiger partial charge in [-0.2, -0.15) is 5.10 Å². The number of amides is 2. The number of benzene rings is 2. The van der Waals surface area contributed by atoms with E-state index >= 15 is 0 Å². The average Bonchev–Trinajstić information content (AvgIpc) is 3.08. The molecule has 1 aromatic heterocycles. The summed E-state index contributed by atoms with van der Waals surface area (Å²) in [4.78, 5) is 24.2. The van der Waals surface area contributed by atoms with Gasteiger partial charge < -0.3 is 10.6 Å². The van der Waals surface area contributed by atoms with Crippen LogP contribution in [-0.2, 0) is 16.1 Å². The lowest BCUT2D eigenvalue weighted by Crippen LogP contribution is -2.30. The fraction of sp³-hybridized carbons (Fsp3) is 0.227. The van der Waals surface area contributed by atoms with Crippen molar-refractivity contribution < 1.29 is 9.59 Å². The molecule has 0 radical (unpaired) electrons. The molecule has 0 fully saturated rings. The number of nitrogens with one attached hydrogen (secondary N) is 2. The highest BCUT2D eigenvalue weighted by molar-refractivity contribution is 5.90. The number of carbonyl (C=O) groups excluding carboxylic acids is 2. The molecule has 1 atom stereocenters. The van der Waals surface area contributed by atoms with Gasteiger partial charge in [0.25, 0.3) is 0 Å². The van der Waals surface area contributed by atoms with Crippen LogP contribution in [0.4, 0.5) is 5.82 Å². The zero-order valence-electron chi connectivity index (χ0n) is 16.1. The maximum Gasteiger partial charge on any atom is 0.227 e. The number of rotatable bonds is 7. The second-order valence-corrected chi connectivity index (χ2v) is 6.78. The van der Waals surface area contributed by atoms with E-state index in [4.69, 9.17) is 0 Å². The number of hydrogen-bond donors (Lipinski definition) is 2. The Bertz CT molecular complexity index is 950. The van der Waals surface area contributed by atoms with Gasteiger partial charge in [0, 0.05) is 13.0 Å². The average molecular weight is 376 g/mol. The van der Waals surface area contributed by atoms with E-state index in [0.29, 0.717) is 12.4 Å². The van der Waals surface area contributed by atoms with Gasteiger partial charge in [0.15, 0.2) is 0 Å². The molecule has 3 rings (SSSR count). The number of nitrogens with zero attached hydrogens (tertiary/aromatic N) is 2. The maximum absolute atomic E-state index is 12.6. The van der Waals surface area contributed by atoms with Crippen molar-refractivity contribution in [3.05, 3.63) is 83.6 Å². The maximum atomic E-state index is 12.6. The van der Waals surface area contributed by atoms with Crippen LogP contribution in [-0.4, -0.2) is 21.6 Å². The lowest BCUT2D eigenvalue weighted by Gasteiger charge is -2.18. The number of aromatic nitrogens is 2. The number of hydrogen-bond acceptors (Lipinski definition) is 3. The molecule has 2 N–H and O–H groups in total. The van der Waals surface area contributed by atoms with E-state index < -0.39 is 0 Å². The van der Waals surface area contributed by atoms with E-state index in [2.05, 4.69) is 21.8 Å². The molecule has 0 saturated carbocycles. The van der Waals surface area contributed by atoms with Crippen LogP contribution in [0.5, 0.6) is 0 Å². The predicted molar refractivity (Wildman–Crippen MR) is 109 cm³/mol. The van der Waals surface area contributed by atoms with Gasteiger partial charge in [-0.05, 0) is 18.1 Å². The summed E-state index contributed by atoms with van der Waals surface area (Å²) >= 11 is 0. The van der Waals surface area contributed by atoms with Crippen molar-refractivity contribution in [1.29, 1.82) is 0 Å². The molecule has 0 aliphatic rings. The monoisotopic (exact) mass is 376 g/mol. The van der Waals surface area contributed by atoms with E-state index in [1.807, 2.05) is 55.5 Å². The van der Waals surface area contributed by atoms with Crippen molar-refractivity contribution in [2.45, 2.75) is 32.9 Å². The fourth-order valence-electron chi connectivity index (χ4n) is 3.11. The van der Waals surface area contributed by atoms with Gasteiger partial charge in [0.05, 0.1) is 25.2 Å². The molecule has 0 bridgehead atoms. The van der Waals surface area contributed by atoms with Crippen LogP contribution < -0.4 is 10.6 Å². The fourth-order valence-corrected chi connectivity index (χ4v) is 3.11. The summed E-state index contributed by atoms with van der Waals surface area (Å²) in [6.07, 6.45) is 1.80. The molecule has 0 aliphatic heterocycles. The highest BCUT2D eigenvalue weighted by Gasteiger charge is 2.18. The van der Waals surface area contributed by atoms with Crippen LogP contribution in [0.1, 0.15) is 36.1 Å². The molecule has 28 heavy (non-hydrogen) atoms. The van der Waals surface area contributed by atoms with Gasteiger partial charge >= 0.3 is 0 Å². The number of aryl methyl sites for hydroxylation is 1. The van der Waals surface area contributed by atoms with Crippen LogP contribution in [0, 0.1) is 6.92 Å². The third-order valence-corrected chi connectivity index (χ3v) is 4.37. The van der Waals surface area contributed by atoms with Crippen LogP contribution >= 0.6 is 0 Å². The Morgan fingerprint density at radius 1 is 1.07 bits per heavy atom. The van der Waals surface area contributed by atoms with Gasteiger partial charge in [-0.15, -0.1) is 0 Å². The lowest BCUT2D eigenvalue weighted by molar-refractivity contribution is -0.120. The Morgan fingerprint density at radius 3 is 2.57 bits per heavy atom. The molecule has 2 aromatic carbocycles. The van der Waals surface area contributed by atoms with Crippen molar-refractivity contribution in [3.63, 3.8) is 0 Å². The van der Waals surface area contributed by atoms with Crippen LogP contribution in [0.2, 0.25) is 0 Å². The summed E-state index contributed by atoms with van der Waals surface area (Å²) in [5, 5.41) is 10.1. The van der Waals surface area contributed by atoms with Gasteiger partial charge in [-0.3, -0.25) is 9.59 Å². The summed E-state index contributed by atoms with van der Waals surface area (Å²) in [5.74, 6) is 0.265. The van der Waals surface area contributed by atoms with Crippen LogP contribution in [0.15, 0.2) is 66.9 Å². The molecule has 1 unspecified atom stereocenters.